The summed E-state index contributed by atoms with van der Waals surface area (Å²) >= 11 is 6.94. The van der Waals surface area contributed by atoms with Crippen LogP contribution in [0, 0.1) is 6.92 Å². The van der Waals surface area contributed by atoms with Crippen LogP contribution >= 0.6 is 23.6 Å². The van der Waals surface area contributed by atoms with Crippen molar-refractivity contribution in [1.29, 1.82) is 0 Å². The fourth-order valence-electron chi connectivity index (χ4n) is 3.41. The summed E-state index contributed by atoms with van der Waals surface area (Å²) in [7, 11) is 0. The van der Waals surface area contributed by atoms with E-state index < -0.39 is 0 Å². The van der Waals surface area contributed by atoms with Crippen LogP contribution in [-0.2, 0) is 17.7 Å². The molecule has 34 heavy (non-hydrogen) atoms. The number of thiophene rings is 1. The summed E-state index contributed by atoms with van der Waals surface area (Å²) in [6.07, 6.45) is 2.37. The highest BCUT2D eigenvalue weighted by Crippen LogP contribution is 2.31. The lowest BCUT2D eigenvalue weighted by Crippen LogP contribution is -2.21. The Bertz CT molecular complexity index is 1280. The van der Waals surface area contributed by atoms with Gasteiger partial charge in [-0.15, -0.1) is 16.4 Å². The van der Waals surface area contributed by atoms with Gasteiger partial charge in [-0.25, -0.2) is 14.5 Å². The number of carbonyl (C=O) groups excluding carboxylic acids is 1. The van der Waals surface area contributed by atoms with Gasteiger partial charge in [-0.1, -0.05) is 54.6 Å². The largest absolute Gasteiger partial charge is 0.462 e. The quantitative estimate of drug-likeness (QED) is 0.257. The third-order valence-corrected chi connectivity index (χ3v) is 6.34. The Morgan fingerprint density at radius 1 is 1.12 bits per heavy atom. The van der Waals surface area contributed by atoms with Gasteiger partial charge in [-0.05, 0) is 48.8 Å². The molecule has 0 unspecified atom stereocenters. The van der Waals surface area contributed by atoms with Gasteiger partial charge in [0.05, 0.1) is 18.7 Å². The van der Waals surface area contributed by atoms with E-state index in [9.17, 15) is 4.79 Å². The lowest BCUT2D eigenvalue weighted by atomic mass is 10.1. The van der Waals surface area contributed by atoms with Crippen LogP contribution in [0.3, 0.4) is 0 Å². The van der Waals surface area contributed by atoms with Gasteiger partial charge in [0.2, 0.25) is 5.95 Å². The number of rotatable bonds is 8. The number of aryl methyl sites for hydroxylation is 1. The number of ether oxygens (including phenoxy) is 1. The molecule has 0 atom stereocenters. The van der Waals surface area contributed by atoms with Gasteiger partial charge in [-0.3, -0.25) is 5.32 Å². The molecule has 0 saturated carbocycles. The molecule has 0 aliphatic rings. The molecule has 0 saturated heterocycles. The van der Waals surface area contributed by atoms with Crippen molar-refractivity contribution >= 4 is 45.6 Å². The van der Waals surface area contributed by atoms with Crippen molar-refractivity contribution < 1.29 is 9.53 Å². The molecule has 7 nitrogen and oxygen atoms in total. The fraction of sp³-hybridized carbons (Fsp3) is 0.200. The molecule has 2 aromatic heterocycles. The van der Waals surface area contributed by atoms with Crippen LogP contribution < -0.4 is 10.6 Å². The van der Waals surface area contributed by atoms with Crippen molar-refractivity contribution in [2.75, 3.05) is 17.2 Å². The maximum absolute atomic E-state index is 12.5. The lowest BCUT2D eigenvalue weighted by Gasteiger charge is -2.08. The molecular formula is C25H25N5O2S2. The topological polar surface area (TPSA) is 81.1 Å². The molecule has 4 aromatic rings. The molecule has 174 valence electrons. The monoisotopic (exact) mass is 491 g/mol. The van der Waals surface area contributed by atoms with Crippen LogP contribution in [-0.4, -0.2) is 32.5 Å². The number of aromatic nitrogens is 3. The second kappa shape index (κ2) is 11.0. The summed E-state index contributed by atoms with van der Waals surface area (Å²) in [5.74, 6) is -0.00571. The van der Waals surface area contributed by atoms with Crippen molar-refractivity contribution in [2.45, 2.75) is 26.8 Å². The van der Waals surface area contributed by atoms with E-state index in [1.807, 2.05) is 36.4 Å². The van der Waals surface area contributed by atoms with Crippen LogP contribution in [0.4, 0.5) is 10.9 Å². The van der Waals surface area contributed by atoms with E-state index in [1.165, 1.54) is 22.5 Å². The van der Waals surface area contributed by atoms with Gasteiger partial charge in [0, 0.05) is 11.3 Å². The Morgan fingerprint density at radius 3 is 2.65 bits per heavy atom. The summed E-state index contributed by atoms with van der Waals surface area (Å²) < 4.78 is 6.99. The van der Waals surface area contributed by atoms with Gasteiger partial charge < -0.3 is 10.1 Å². The summed E-state index contributed by atoms with van der Waals surface area (Å²) in [5, 5.41) is 11.5. The maximum Gasteiger partial charge on any atom is 0.341 e. The van der Waals surface area contributed by atoms with Crippen LogP contribution in [0.5, 0.6) is 0 Å². The Balaban J connectivity index is 1.45. The number of nitrogens with one attached hydrogen (secondary N) is 2. The highest BCUT2D eigenvalue weighted by molar-refractivity contribution is 7.80. The van der Waals surface area contributed by atoms with E-state index in [0.717, 1.165) is 10.4 Å². The van der Waals surface area contributed by atoms with E-state index in [2.05, 4.69) is 51.9 Å². The van der Waals surface area contributed by atoms with Gasteiger partial charge in [-0.2, -0.15) is 0 Å². The number of carbonyl (C=O) groups is 1. The number of anilines is 2. The van der Waals surface area contributed by atoms with E-state index in [4.69, 9.17) is 17.0 Å². The molecular weight excluding hydrogens is 466 g/mol. The van der Waals surface area contributed by atoms with E-state index in [0.29, 0.717) is 41.2 Å². The number of esters is 1. The highest BCUT2D eigenvalue weighted by Gasteiger charge is 2.19. The lowest BCUT2D eigenvalue weighted by molar-refractivity contribution is 0.0528. The molecule has 2 N–H and O–H groups in total. The molecule has 0 amide bonds. The third kappa shape index (κ3) is 6.06. The molecule has 0 aliphatic heterocycles. The molecule has 0 bridgehead atoms. The Labute approximate surface area is 207 Å². The minimum Gasteiger partial charge on any atom is -0.462 e. The number of hydrogen-bond acceptors (Lipinski definition) is 6. The van der Waals surface area contributed by atoms with E-state index in [1.54, 1.807) is 17.9 Å². The first kappa shape index (κ1) is 23.6. The van der Waals surface area contributed by atoms with Crippen molar-refractivity contribution in [3.8, 4) is 0 Å². The third-order valence-electron chi connectivity index (χ3n) is 5.08. The zero-order chi connectivity index (χ0) is 23.9. The first-order chi connectivity index (χ1) is 16.5. The fourth-order valence-corrected chi connectivity index (χ4v) is 4.75. The molecule has 9 heteroatoms. The molecule has 0 radical (unpaired) electrons. The maximum atomic E-state index is 12.5. The molecule has 2 aromatic carbocycles. The average molecular weight is 492 g/mol. The minimum atomic E-state index is -0.385. The van der Waals surface area contributed by atoms with Crippen molar-refractivity contribution in [2.24, 2.45) is 0 Å². The summed E-state index contributed by atoms with van der Waals surface area (Å²) in [4.78, 5) is 17.9. The second-order valence-corrected chi connectivity index (χ2v) is 9.15. The minimum absolute atomic E-state index is 0.298. The summed E-state index contributed by atoms with van der Waals surface area (Å²) in [5.41, 5.74) is 3.98. The Morgan fingerprint density at radius 2 is 1.88 bits per heavy atom. The number of nitrogens with zero attached hydrogens (tertiary/aromatic N) is 3. The van der Waals surface area contributed by atoms with Crippen molar-refractivity contribution in [1.82, 2.24) is 14.8 Å². The molecule has 4 rings (SSSR count). The van der Waals surface area contributed by atoms with Crippen LogP contribution in [0.25, 0.3) is 0 Å². The van der Waals surface area contributed by atoms with Gasteiger partial charge in [0.15, 0.2) is 5.11 Å². The predicted octanol–water partition coefficient (Wildman–Crippen LogP) is 5.27. The van der Waals surface area contributed by atoms with E-state index in [-0.39, 0.29) is 5.97 Å². The zero-order valence-electron chi connectivity index (χ0n) is 18.9. The van der Waals surface area contributed by atoms with Gasteiger partial charge >= 0.3 is 5.97 Å². The second-order valence-electron chi connectivity index (χ2n) is 7.61. The van der Waals surface area contributed by atoms with Crippen molar-refractivity contribution in [3.63, 3.8) is 0 Å². The normalized spacial score (nSPS) is 10.6. The van der Waals surface area contributed by atoms with E-state index >= 15 is 0 Å². The van der Waals surface area contributed by atoms with Gasteiger partial charge in [0.25, 0.3) is 0 Å². The zero-order valence-corrected chi connectivity index (χ0v) is 20.6. The average Bonchev–Trinajstić information content (AvgIpc) is 3.42. The number of benzene rings is 2. The predicted molar refractivity (Wildman–Crippen MR) is 140 cm³/mol. The standard InChI is InChI=1S/C25H25N5O2S2/c1-3-32-23(31)21-14-20(13-18-10-5-4-6-11-18)34-22(21)27-25(33)28-24-26-16-30(29-24)15-19-12-8-7-9-17(19)2/h4-12,14,16H,3,13,15H2,1-2H3,(H2,27,28,29,33). The molecule has 0 spiro atoms. The highest BCUT2D eigenvalue weighted by atomic mass is 32.1. The van der Waals surface area contributed by atoms with Crippen LogP contribution in [0.1, 0.15) is 38.8 Å². The van der Waals surface area contributed by atoms with Crippen molar-refractivity contribution in [3.05, 3.63) is 94.1 Å². The molecule has 0 aliphatic carbocycles. The molecule has 0 fully saturated rings. The Kier molecular flexibility index (Phi) is 7.66. The van der Waals surface area contributed by atoms with Gasteiger partial charge in [0.1, 0.15) is 11.3 Å². The van der Waals surface area contributed by atoms with Crippen LogP contribution in [0.15, 0.2) is 67.0 Å². The number of thiocarbonyl (C=S) groups is 1. The summed E-state index contributed by atoms with van der Waals surface area (Å²) in [6, 6.07) is 20.1. The SMILES string of the molecule is CCOC(=O)c1cc(Cc2ccccc2)sc1NC(=S)Nc1ncn(Cc2ccccc2C)n1. The first-order valence-corrected chi connectivity index (χ1v) is 12.1. The first-order valence-electron chi connectivity index (χ1n) is 10.9. The number of hydrogen-bond donors (Lipinski definition) is 2. The Hall–Kier alpha value is -3.56. The smallest absolute Gasteiger partial charge is 0.341 e. The van der Waals surface area contributed by atoms with Crippen LogP contribution in [0.2, 0.25) is 0 Å². The summed E-state index contributed by atoms with van der Waals surface area (Å²) in [6.45, 7) is 4.77. The molecule has 2 heterocycles.